The lowest BCUT2D eigenvalue weighted by molar-refractivity contribution is -0.119. The summed E-state index contributed by atoms with van der Waals surface area (Å²) in [5.41, 5.74) is -1.35. The Morgan fingerprint density at radius 2 is 1.60 bits per heavy atom. The van der Waals surface area contributed by atoms with Gasteiger partial charge in [-0.05, 0) is 30.3 Å². The van der Waals surface area contributed by atoms with Gasteiger partial charge >= 0.3 is 10.2 Å². The van der Waals surface area contributed by atoms with Crippen molar-refractivity contribution in [2.24, 2.45) is 0 Å². The Kier molecular flexibility index (Phi) is 9.68. The maximum atomic E-state index is 15.9. The highest BCUT2D eigenvalue weighted by Gasteiger charge is 2.30. The number of anilines is 2. The highest BCUT2D eigenvalue weighted by molar-refractivity contribution is 7.90. The molecule has 0 bridgehead atoms. The summed E-state index contributed by atoms with van der Waals surface area (Å²) in [4.78, 5) is 54.7. The summed E-state index contributed by atoms with van der Waals surface area (Å²) in [6.07, 6.45) is 6.32. The standard InChI is InChI=1S/C33H27Cl2F2N7O5S/c1-3-42(2)50(48,49)41-26-8-7-25(36)28(29(26)37)30(46)22-17-44(32(47)27-23(34)5-4-6-24(27)35)31-21(22)13-18(14-38-31)19-15-39-33(40-16-19)43-11-9-20(45)10-12-43/h4-8,13-17,41H,3,9-12H2,1-2H3. The van der Waals surface area contributed by atoms with Crippen molar-refractivity contribution in [1.82, 2.24) is 23.8 Å². The number of hydrogen-bond acceptors (Lipinski definition) is 9. The molecule has 0 radical (unpaired) electrons. The minimum Gasteiger partial charge on any atom is -0.340 e. The summed E-state index contributed by atoms with van der Waals surface area (Å²) in [5.74, 6) is -4.11. The summed E-state index contributed by atoms with van der Waals surface area (Å²) >= 11 is 12.6. The zero-order chi connectivity index (χ0) is 35.9. The molecule has 0 amide bonds. The van der Waals surface area contributed by atoms with Crippen LogP contribution in [0, 0.1) is 11.6 Å². The van der Waals surface area contributed by atoms with Crippen LogP contribution in [0.15, 0.2) is 61.2 Å². The second-order valence-electron chi connectivity index (χ2n) is 11.3. The molecule has 1 N–H and O–H groups in total. The minimum absolute atomic E-state index is 0.0123. The molecule has 12 nitrogen and oxygen atoms in total. The zero-order valence-corrected chi connectivity index (χ0v) is 28.8. The number of carbonyl (C=O) groups excluding carboxylic acids is 3. The van der Waals surface area contributed by atoms with Gasteiger partial charge in [0.25, 0.3) is 5.91 Å². The van der Waals surface area contributed by atoms with Crippen molar-refractivity contribution in [2.75, 3.05) is 36.3 Å². The van der Waals surface area contributed by atoms with E-state index in [4.69, 9.17) is 23.2 Å². The third-order valence-corrected chi connectivity index (χ3v) is 10.5. The van der Waals surface area contributed by atoms with E-state index in [9.17, 15) is 22.8 Å². The molecule has 0 spiro atoms. The first-order valence-electron chi connectivity index (χ1n) is 15.2. The van der Waals surface area contributed by atoms with E-state index in [-0.39, 0.29) is 44.5 Å². The molecule has 1 fully saturated rings. The number of carbonyl (C=O) groups is 3. The van der Waals surface area contributed by atoms with Crippen LogP contribution in [-0.2, 0) is 15.0 Å². The lowest BCUT2D eigenvalue weighted by Crippen LogP contribution is -2.34. The number of Topliss-reactive ketones (excluding diaryl/α,β-unsaturated/α-hetero) is 1. The number of nitrogens with zero attached hydrogens (tertiary/aromatic N) is 6. The Morgan fingerprint density at radius 3 is 2.24 bits per heavy atom. The third-order valence-electron chi connectivity index (χ3n) is 8.27. The number of piperidine rings is 1. The number of pyridine rings is 1. The summed E-state index contributed by atoms with van der Waals surface area (Å²) < 4.78 is 60.4. The molecule has 6 rings (SSSR count). The maximum Gasteiger partial charge on any atom is 0.301 e. The van der Waals surface area contributed by atoms with Gasteiger partial charge in [-0.2, -0.15) is 12.7 Å². The number of rotatable bonds is 9. The van der Waals surface area contributed by atoms with E-state index in [0.717, 1.165) is 27.2 Å². The molecule has 50 heavy (non-hydrogen) atoms. The van der Waals surface area contributed by atoms with E-state index in [1.165, 1.54) is 49.9 Å². The first-order valence-corrected chi connectivity index (χ1v) is 17.4. The fourth-order valence-electron chi connectivity index (χ4n) is 5.37. The van der Waals surface area contributed by atoms with Crippen molar-refractivity contribution in [2.45, 2.75) is 19.8 Å². The zero-order valence-electron chi connectivity index (χ0n) is 26.5. The number of hydrogen-bond donors (Lipinski definition) is 1. The lowest BCUT2D eigenvalue weighted by atomic mass is 10.0. The molecule has 17 heteroatoms. The molecule has 258 valence electrons. The monoisotopic (exact) mass is 741 g/mol. The largest absolute Gasteiger partial charge is 0.340 e. The molecule has 5 aromatic rings. The molecule has 1 aliphatic rings. The van der Waals surface area contributed by atoms with Crippen molar-refractivity contribution >= 4 is 73.6 Å². The van der Waals surface area contributed by atoms with Gasteiger partial charge in [0, 0.05) is 80.8 Å². The van der Waals surface area contributed by atoms with Crippen molar-refractivity contribution in [1.29, 1.82) is 0 Å². The highest BCUT2D eigenvalue weighted by atomic mass is 35.5. The fraction of sp³-hybridized carbons (Fsp3) is 0.212. The number of ketones is 2. The Morgan fingerprint density at radius 1 is 0.960 bits per heavy atom. The van der Waals surface area contributed by atoms with Crippen LogP contribution in [0.25, 0.3) is 22.2 Å². The lowest BCUT2D eigenvalue weighted by Gasteiger charge is -2.25. The van der Waals surface area contributed by atoms with Crippen LogP contribution in [0.1, 0.15) is 46.0 Å². The van der Waals surface area contributed by atoms with Crippen LogP contribution in [0.5, 0.6) is 0 Å². The Balaban J connectivity index is 1.47. The summed E-state index contributed by atoms with van der Waals surface area (Å²) in [7, 11) is -2.98. The summed E-state index contributed by atoms with van der Waals surface area (Å²) in [6, 6.07) is 7.54. The highest BCUT2D eigenvalue weighted by Crippen LogP contribution is 2.33. The quantitative estimate of drug-likeness (QED) is 0.186. The number of benzene rings is 2. The molecule has 4 heterocycles. The van der Waals surface area contributed by atoms with Gasteiger partial charge < -0.3 is 4.90 Å². The molecule has 2 aromatic carbocycles. The molecular formula is C33H27Cl2F2N7O5S. The van der Waals surface area contributed by atoms with Crippen LogP contribution >= 0.6 is 23.2 Å². The number of fused-ring (bicyclic) bond motifs is 1. The number of nitrogens with one attached hydrogen (secondary N) is 1. The van der Waals surface area contributed by atoms with Gasteiger partial charge in [-0.25, -0.2) is 23.7 Å². The summed E-state index contributed by atoms with van der Waals surface area (Å²) in [6.45, 7) is 2.58. The Hall–Kier alpha value is -4.83. The Labute approximate surface area is 294 Å². The SMILES string of the molecule is CCN(C)S(=O)(=O)Nc1ccc(F)c(C(=O)c2cn(C(=O)c3c(Cl)cccc3Cl)c3ncc(-c4cnc(N5CCC(=O)CC5)nc4)cc23)c1F. The van der Waals surface area contributed by atoms with Crippen molar-refractivity contribution < 1.29 is 31.6 Å². The second-order valence-corrected chi connectivity index (χ2v) is 13.9. The van der Waals surface area contributed by atoms with Crippen LogP contribution in [0.3, 0.4) is 0 Å². The van der Waals surface area contributed by atoms with Gasteiger partial charge in [0.2, 0.25) is 11.7 Å². The molecule has 0 unspecified atom stereocenters. The van der Waals surface area contributed by atoms with Gasteiger partial charge in [0.05, 0.1) is 32.4 Å². The van der Waals surface area contributed by atoms with Gasteiger partial charge in [-0.3, -0.25) is 23.7 Å². The second kappa shape index (κ2) is 13.8. The predicted octanol–water partition coefficient (Wildman–Crippen LogP) is 5.78. The van der Waals surface area contributed by atoms with Gasteiger partial charge in [0.1, 0.15) is 17.2 Å². The first-order chi connectivity index (χ1) is 23.8. The average Bonchev–Trinajstić information content (AvgIpc) is 3.48. The van der Waals surface area contributed by atoms with E-state index in [2.05, 4.69) is 15.0 Å². The van der Waals surface area contributed by atoms with E-state index >= 15 is 8.78 Å². The molecular weight excluding hydrogens is 715 g/mol. The molecule has 0 saturated carbocycles. The van der Waals surface area contributed by atoms with Gasteiger partial charge in [-0.15, -0.1) is 0 Å². The van der Waals surface area contributed by atoms with Gasteiger partial charge in [0.15, 0.2) is 5.82 Å². The Bertz CT molecular complexity index is 2270. The van der Waals surface area contributed by atoms with Crippen LogP contribution < -0.4 is 9.62 Å². The van der Waals surface area contributed by atoms with E-state index in [1.807, 2.05) is 9.62 Å². The predicted molar refractivity (Wildman–Crippen MR) is 184 cm³/mol. The third kappa shape index (κ3) is 6.56. The van der Waals surface area contributed by atoms with Crippen LogP contribution in [-0.4, -0.2) is 76.4 Å². The van der Waals surface area contributed by atoms with Crippen LogP contribution in [0.4, 0.5) is 20.4 Å². The normalized spacial score (nSPS) is 13.7. The van der Waals surface area contributed by atoms with Crippen molar-refractivity contribution in [3.05, 3.63) is 99.6 Å². The molecule has 3 aromatic heterocycles. The summed E-state index contributed by atoms with van der Waals surface area (Å²) in [5, 5.41) is 0.0506. The molecule has 1 aliphatic heterocycles. The number of aromatic nitrogens is 4. The average molecular weight is 743 g/mol. The van der Waals surface area contributed by atoms with Crippen molar-refractivity contribution in [3.8, 4) is 11.1 Å². The van der Waals surface area contributed by atoms with Crippen LogP contribution in [0.2, 0.25) is 10.0 Å². The molecule has 0 aliphatic carbocycles. The number of halogens is 4. The van der Waals surface area contributed by atoms with Crippen molar-refractivity contribution in [3.63, 3.8) is 0 Å². The molecule has 0 atom stereocenters. The topological polar surface area (TPSA) is 147 Å². The van der Waals surface area contributed by atoms with E-state index in [0.29, 0.717) is 43.0 Å². The smallest absolute Gasteiger partial charge is 0.301 e. The maximum absolute atomic E-state index is 15.9. The fourth-order valence-corrected chi connectivity index (χ4v) is 6.86. The molecule has 1 saturated heterocycles. The minimum atomic E-state index is -4.24. The van der Waals surface area contributed by atoms with E-state index in [1.54, 1.807) is 6.92 Å². The van der Waals surface area contributed by atoms with Gasteiger partial charge in [-0.1, -0.05) is 36.2 Å². The van der Waals surface area contributed by atoms with E-state index < -0.39 is 44.8 Å². The first kappa shape index (κ1) is 35.0.